The molecule has 0 bridgehead atoms. The summed E-state index contributed by atoms with van der Waals surface area (Å²) in [5.74, 6) is -0.0338. The van der Waals surface area contributed by atoms with Crippen molar-refractivity contribution < 1.29 is 15.0 Å². The number of carbonyl (C=O) groups excluding carboxylic acids is 1. The number of hydrogen-bond acceptors (Lipinski definition) is 4. The normalized spacial score (nSPS) is 11.9. The molecule has 0 aliphatic rings. The molecule has 3 aromatic rings. The Bertz CT molecular complexity index is 843. The maximum absolute atomic E-state index is 10.8. The molecule has 1 unspecified atom stereocenters. The zero-order valence-electron chi connectivity index (χ0n) is 15.5. The third-order valence-electron chi connectivity index (χ3n) is 4.55. The summed E-state index contributed by atoms with van der Waals surface area (Å²) in [5, 5.41) is 23.0. The van der Waals surface area contributed by atoms with Gasteiger partial charge in [0.1, 0.15) is 5.75 Å². The summed E-state index contributed by atoms with van der Waals surface area (Å²) in [5.41, 5.74) is 3.25. The fraction of sp³-hybridized carbons (Fsp3) is 0.174. The quantitative estimate of drug-likeness (QED) is 0.393. The van der Waals surface area contributed by atoms with Crippen LogP contribution in [0.1, 0.15) is 22.8 Å². The van der Waals surface area contributed by atoms with Gasteiger partial charge in [-0.2, -0.15) is 0 Å². The number of aliphatic hydroxyl groups is 1. The number of phenolic OH excluding ortho intramolecular Hbond substituents is 1. The molecular weight excluding hydrogens is 352 g/mol. The van der Waals surface area contributed by atoms with E-state index < -0.39 is 6.10 Å². The fourth-order valence-corrected chi connectivity index (χ4v) is 3.16. The highest BCUT2D eigenvalue weighted by molar-refractivity contribution is 5.75. The lowest BCUT2D eigenvalue weighted by Gasteiger charge is -2.26. The van der Waals surface area contributed by atoms with E-state index in [1.165, 1.54) is 17.2 Å². The monoisotopic (exact) mass is 376 g/mol. The van der Waals surface area contributed by atoms with Gasteiger partial charge in [0.25, 0.3) is 0 Å². The van der Waals surface area contributed by atoms with Crippen LogP contribution < -0.4 is 5.32 Å². The molecule has 0 fully saturated rings. The first-order chi connectivity index (χ1) is 13.7. The Morgan fingerprint density at radius 1 is 0.893 bits per heavy atom. The van der Waals surface area contributed by atoms with E-state index in [2.05, 4.69) is 34.5 Å². The van der Waals surface area contributed by atoms with Gasteiger partial charge in [0.15, 0.2) is 0 Å². The average molecular weight is 376 g/mol. The maximum atomic E-state index is 10.8. The molecule has 1 atom stereocenters. The van der Waals surface area contributed by atoms with Gasteiger partial charge in [-0.05, 0) is 28.8 Å². The summed E-state index contributed by atoms with van der Waals surface area (Å²) in [6.45, 7) is 1.81. The molecule has 5 nitrogen and oxygen atoms in total. The SMILES string of the molecule is O=CNc1cc(C(O)CN(Cc2ccccc2)Cc2ccccc2)ccc1O. The third-order valence-corrected chi connectivity index (χ3v) is 4.55. The first-order valence-electron chi connectivity index (χ1n) is 9.17. The molecular formula is C23H24N2O3. The number of hydrogen-bond donors (Lipinski definition) is 3. The topological polar surface area (TPSA) is 72.8 Å². The summed E-state index contributed by atoms with van der Waals surface area (Å²) in [6.07, 6.45) is -0.261. The lowest BCUT2D eigenvalue weighted by Crippen LogP contribution is -2.28. The Labute approximate surface area is 164 Å². The van der Waals surface area contributed by atoms with Gasteiger partial charge in [0, 0.05) is 19.6 Å². The Hall–Kier alpha value is -3.15. The second-order valence-corrected chi connectivity index (χ2v) is 6.70. The van der Waals surface area contributed by atoms with Crippen molar-refractivity contribution in [1.29, 1.82) is 0 Å². The highest BCUT2D eigenvalue weighted by atomic mass is 16.3. The van der Waals surface area contributed by atoms with Crippen molar-refractivity contribution >= 4 is 12.1 Å². The lowest BCUT2D eigenvalue weighted by atomic mass is 10.1. The molecule has 0 radical (unpaired) electrons. The van der Waals surface area contributed by atoms with Crippen LogP contribution in [0.15, 0.2) is 78.9 Å². The number of benzene rings is 3. The van der Waals surface area contributed by atoms with E-state index in [1.54, 1.807) is 12.1 Å². The minimum atomic E-state index is -0.764. The minimum absolute atomic E-state index is 0.0338. The lowest BCUT2D eigenvalue weighted by molar-refractivity contribution is -0.105. The summed E-state index contributed by atoms with van der Waals surface area (Å²) < 4.78 is 0. The van der Waals surface area contributed by atoms with Crippen molar-refractivity contribution in [2.75, 3.05) is 11.9 Å². The molecule has 0 saturated carbocycles. The number of carbonyl (C=O) groups is 1. The van der Waals surface area contributed by atoms with Gasteiger partial charge >= 0.3 is 0 Å². The van der Waals surface area contributed by atoms with E-state index in [-0.39, 0.29) is 11.4 Å². The molecule has 0 aromatic heterocycles. The second-order valence-electron chi connectivity index (χ2n) is 6.70. The smallest absolute Gasteiger partial charge is 0.211 e. The number of aromatic hydroxyl groups is 1. The van der Waals surface area contributed by atoms with Crippen LogP contribution in [-0.2, 0) is 17.9 Å². The van der Waals surface area contributed by atoms with E-state index in [9.17, 15) is 15.0 Å². The molecule has 0 saturated heterocycles. The van der Waals surface area contributed by atoms with Crippen molar-refractivity contribution in [1.82, 2.24) is 4.90 Å². The summed E-state index contributed by atoms with van der Waals surface area (Å²) in [6, 6.07) is 25.0. The van der Waals surface area contributed by atoms with Crippen LogP contribution in [0.2, 0.25) is 0 Å². The van der Waals surface area contributed by atoms with Crippen molar-refractivity contribution in [3.05, 3.63) is 95.6 Å². The van der Waals surface area contributed by atoms with Crippen LogP contribution in [0.3, 0.4) is 0 Å². The van der Waals surface area contributed by atoms with Gasteiger partial charge in [-0.25, -0.2) is 0 Å². The van der Waals surface area contributed by atoms with Crippen LogP contribution in [0.4, 0.5) is 5.69 Å². The van der Waals surface area contributed by atoms with E-state index >= 15 is 0 Å². The van der Waals surface area contributed by atoms with E-state index in [1.807, 2.05) is 36.4 Å². The summed E-state index contributed by atoms with van der Waals surface area (Å²) in [4.78, 5) is 12.9. The molecule has 1 amide bonds. The maximum Gasteiger partial charge on any atom is 0.211 e. The number of phenols is 1. The van der Waals surface area contributed by atoms with Gasteiger partial charge in [0.05, 0.1) is 11.8 Å². The largest absolute Gasteiger partial charge is 0.506 e. The van der Waals surface area contributed by atoms with Crippen LogP contribution in [0.5, 0.6) is 5.75 Å². The number of rotatable bonds is 9. The zero-order chi connectivity index (χ0) is 19.8. The second kappa shape index (κ2) is 9.69. The minimum Gasteiger partial charge on any atom is -0.506 e. The van der Waals surface area contributed by atoms with E-state index in [0.29, 0.717) is 31.6 Å². The molecule has 3 rings (SSSR count). The average Bonchev–Trinajstić information content (AvgIpc) is 2.71. The summed E-state index contributed by atoms with van der Waals surface area (Å²) >= 11 is 0. The summed E-state index contributed by atoms with van der Waals surface area (Å²) in [7, 11) is 0. The Balaban J connectivity index is 1.77. The predicted octanol–water partition coefficient (Wildman–Crippen LogP) is 3.70. The Morgan fingerprint density at radius 2 is 1.46 bits per heavy atom. The van der Waals surface area contributed by atoms with Crippen LogP contribution in [-0.4, -0.2) is 28.1 Å². The molecule has 0 spiro atoms. The van der Waals surface area contributed by atoms with Crippen LogP contribution in [0, 0.1) is 0 Å². The number of anilines is 1. The molecule has 5 heteroatoms. The molecule has 0 aliphatic carbocycles. The van der Waals surface area contributed by atoms with Crippen LogP contribution in [0.25, 0.3) is 0 Å². The molecule has 28 heavy (non-hydrogen) atoms. The van der Waals surface area contributed by atoms with Gasteiger partial charge in [-0.3, -0.25) is 9.69 Å². The number of nitrogens with one attached hydrogen (secondary N) is 1. The molecule has 0 aliphatic heterocycles. The Morgan fingerprint density at radius 3 is 2.00 bits per heavy atom. The standard InChI is InChI=1S/C23H24N2O3/c26-17-24-21-13-20(11-12-22(21)27)23(28)16-25(14-18-7-3-1-4-8-18)15-19-9-5-2-6-10-19/h1-13,17,23,27-28H,14-16H2,(H,24,26). The first-order valence-corrected chi connectivity index (χ1v) is 9.17. The molecule has 3 aromatic carbocycles. The van der Waals surface area contributed by atoms with Crippen LogP contribution >= 0.6 is 0 Å². The van der Waals surface area contributed by atoms with Gasteiger partial charge in [-0.15, -0.1) is 0 Å². The van der Waals surface area contributed by atoms with E-state index in [4.69, 9.17) is 0 Å². The zero-order valence-corrected chi connectivity index (χ0v) is 15.5. The highest BCUT2D eigenvalue weighted by Gasteiger charge is 2.16. The van der Waals surface area contributed by atoms with E-state index in [0.717, 1.165) is 0 Å². The highest BCUT2D eigenvalue weighted by Crippen LogP contribution is 2.27. The first kappa shape index (κ1) is 19.6. The van der Waals surface area contributed by atoms with Crippen molar-refractivity contribution in [3.8, 4) is 5.75 Å². The number of nitrogens with zero attached hydrogens (tertiary/aromatic N) is 1. The van der Waals surface area contributed by atoms with Crippen molar-refractivity contribution in [3.63, 3.8) is 0 Å². The molecule has 0 heterocycles. The third kappa shape index (κ3) is 5.42. The van der Waals surface area contributed by atoms with Crippen molar-refractivity contribution in [2.24, 2.45) is 0 Å². The predicted molar refractivity (Wildman–Crippen MR) is 110 cm³/mol. The molecule has 144 valence electrons. The number of amides is 1. The van der Waals surface area contributed by atoms with Crippen molar-refractivity contribution in [2.45, 2.75) is 19.2 Å². The van der Waals surface area contributed by atoms with Gasteiger partial charge in [0.2, 0.25) is 6.41 Å². The van der Waals surface area contributed by atoms with Gasteiger partial charge < -0.3 is 15.5 Å². The number of aliphatic hydroxyl groups excluding tert-OH is 1. The van der Waals surface area contributed by atoms with Gasteiger partial charge in [-0.1, -0.05) is 66.7 Å². The Kier molecular flexibility index (Phi) is 6.78. The molecule has 3 N–H and O–H groups in total. The fourth-order valence-electron chi connectivity index (χ4n) is 3.16.